The van der Waals surface area contributed by atoms with Crippen molar-refractivity contribution in [2.45, 2.75) is 293 Å². The van der Waals surface area contributed by atoms with E-state index >= 15 is 0 Å². The summed E-state index contributed by atoms with van der Waals surface area (Å²) in [4.78, 5) is 13.2. The van der Waals surface area contributed by atoms with Crippen molar-refractivity contribution in [1.29, 1.82) is 0 Å². The zero-order chi connectivity index (χ0) is 51.0. The Labute approximate surface area is 423 Å². The molecular formula is C56H103NO13. The predicted molar refractivity (Wildman–Crippen MR) is 277 cm³/mol. The van der Waals surface area contributed by atoms with Crippen molar-refractivity contribution >= 4 is 5.91 Å². The number of unbranched alkanes of at least 4 members (excludes halogenated alkanes) is 27. The summed E-state index contributed by atoms with van der Waals surface area (Å²) in [6, 6.07) is -0.934. The van der Waals surface area contributed by atoms with Gasteiger partial charge in [0.15, 0.2) is 12.6 Å². The maximum Gasteiger partial charge on any atom is 0.220 e. The van der Waals surface area contributed by atoms with Crippen LogP contribution in [0, 0.1) is 0 Å². The van der Waals surface area contributed by atoms with E-state index in [9.17, 15) is 45.6 Å². The standard InChI is InChI=1S/C56H103NO13/c1-3-5-7-9-11-13-15-17-18-19-20-21-22-23-24-25-26-27-28-29-31-33-35-37-39-45(60)44(57-48(61)40-38-36-34-32-30-16-14-12-10-8-6-4-2)43-67-55-53(66)51(64)54(47(42-59)69-55)70-56-52(65)50(63)49(62)46(41-58)68-56/h12,14,29,31,37,39,44-47,49-56,58-60,62-66H,3-11,13,15-28,30,32-36,38,40-43H2,1-2H3,(H,57,61)/b14-12-,31-29+,39-37+. The summed E-state index contributed by atoms with van der Waals surface area (Å²) < 4.78 is 22.7. The van der Waals surface area contributed by atoms with Crippen LogP contribution >= 0.6 is 0 Å². The summed E-state index contributed by atoms with van der Waals surface area (Å²) in [7, 11) is 0. The summed E-state index contributed by atoms with van der Waals surface area (Å²) in [6.45, 7) is 2.75. The maximum absolute atomic E-state index is 13.2. The molecule has 70 heavy (non-hydrogen) atoms. The molecule has 410 valence electrons. The van der Waals surface area contributed by atoms with Crippen LogP contribution in [0.2, 0.25) is 0 Å². The van der Waals surface area contributed by atoms with E-state index in [4.69, 9.17) is 18.9 Å². The number of aliphatic hydroxyl groups excluding tert-OH is 8. The first-order valence-electron chi connectivity index (χ1n) is 28.2. The minimum Gasteiger partial charge on any atom is -0.394 e. The molecule has 2 saturated heterocycles. The van der Waals surface area contributed by atoms with Gasteiger partial charge in [0.25, 0.3) is 0 Å². The lowest BCUT2D eigenvalue weighted by Crippen LogP contribution is -2.65. The van der Waals surface area contributed by atoms with Gasteiger partial charge in [-0.3, -0.25) is 4.79 Å². The van der Waals surface area contributed by atoms with Crippen LogP contribution in [0.5, 0.6) is 0 Å². The van der Waals surface area contributed by atoms with Gasteiger partial charge in [-0.15, -0.1) is 0 Å². The number of aliphatic hydroxyl groups is 8. The van der Waals surface area contributed by atoms with E-state index in [0.717, 1.165) is 51.4 Å². The molecule has 1 amide bonds. The quantitative estimate of drug-likeness (QED) is 0.0206. The second-order valence-electron chi connectivity index (χ2n) is 20.1. The van der Waals surface area contributed by atoms with E-state index in [2.05, 4.69) is 43.5 Å². The molecule has 0 spiro atoms. The Morgan fingerprint density at radius 2 is 0.914 bits per heavy atom. The van der Waals surface area contributed by atoms with Crippen LogP contribution in [0.25, 0.3) is 0 Å². The van der Waals surface area contributed by atoms with Crippen molar-refractivity contribution in [3.05, 3.63) is 36.5 Å². The van der Waals surface area contributed by atoms with E-state index in [-0.39, 0.29) is 18.9 Å². The molecule has 2 heterocycles. The van der Waals surface area contributed by atoms with Gasteiger partial charge in [0.1, 0.15) is 48.8 Å². The molecule has 14 nitrogen and oxygen atoms in total. The van der Waals surface area contributed by atoms with Crippen LogP contribution in [0.4, 0.5) is 0 Å². The maximum atomic E-state index is 13.2. The fourth-order valence-electron chi connectivity index (χ4n) is 9.18. The summed E-state index contributed by atoms with van der Waals surface area (Å²) in [5.74, 6) is -0.259. The molecule has 0 bridgehead atoms. The highest BCUT2D eigenvalue weighted by molar-refractivity contribution is 5.76. The van der Waals surface area contributed by atoms with Gasteiger partial charge in [-0.1, -0.05) is 192 Å². The summed E-state index contributed by atoms with van der Waals surface area (Å²) >= 11 is 0. The topological polar surface area (TPSA) is 228 Å². The molecule has 0 aliphatic carbocycles. The van der Waals surface area contributed by atoms with Crippen molar-refractivity contribution in [3.8, 4) is 0 Å². The lowest BCUT2D eigenvalue weighted by Gasteiger charge is -2.46. The SMILES string of the molecule is CCCCC/C=C\CCCCCCCC(=O)NC(COC1OC(CO)C(OC2OC(CO)C(O)C(O)C2O)C(O)C1O)C(O)/C=C/CC/C=C/CCCCCCCCCCCCCCCCCCCC. The van der Waals surface area contributed by atoms with E-state index in [1.807, 2.05) is 6.08 Å². The van der Waals surface area contributed by atoms with Crippen LogP contribution in [-0.4, -0.2) is 140 Å². The second kappa shape index (κ2) is 42.6. The van der Waals surface area contributed by atoms with Gasteiger partial charge >= 0.3 is 0 Å². The van der Waals surface area contributed by atoms with E-state index in [0.29, 0.717) is 12.8 Å². The zero-order valence-electron chi connectivity index (χ0n) is 43.8. The molecule has 14 heteroatoms. The number of amides is 1. The number of carbonyl (C=O) groups is 1. The number of hydrogen-bond donors (Lipinski definition) is 9. The summed E-state index contributed by atoms with van der Waals surface area (Å²) in [6.07, 6.45) is 33.4. The molecule has 12 atom stereocenters. The number of ether oxygens (including phenoxy) is 4. The van der Waals surface area contributed by atoms with Crippen molar-refractivity contribution < 1.29 is 64.6 Å². The third-order valence-electron chi connectivity index (χ3n) is 13.8. The van der Waals surface area contributed by atoms with Gasteiger partial charge in [0, 0.05) is 6.42 Å². The lowest BCUT2D eigenvalue weighted by molar-refractivity contribution is -0.359. The molecule has 2 fully saturated rings. The van der Waals surface area contributed by atoms with Gasteiger partial charge in [-0.05, 0) is 57.8 Å². The van der Waals surface area contributed by atoms with Gasteiger partial charge in [0.2, 0.25) is 5.91 Å². The minimum absolute atomic E-state index is 0.259. The van der Waals surface area contributed by atoms with Gasteiger partial charge in [-0.25, -0.2) is 0 Å². The second-order valence-corrected chi connectivity index (χ2v) is 20.1. The molecular weight excluding hydrogens is 895 g/mol. The predicted octanol–water partition coefficient (Wildman–Crippen LogP) is 8.66. The Bertz CT molecular complexity index is 1320. The molecule has 0 aromatic heterocycles. The largest absolute Gasteiger partial charge is 0.394 e. The number of hydrogen-bond acceptors (Lipinski definition) is 13. The molecule has 2 aliphatic heterocycles. The highest BCUT2D eigenvalue weighted by atomic mass is 16.7. The Morgan fingerprint density at radius 3 is 1.43 bits per heavy atom. The number of rotatable bonds is 44. The van der Waals surface area contributed by atoms with E-state index < -0.39 is 86.8 Å². The van der Waals surface area contributed by atoms with Gasteiger partial charge < -0.3 is 65.1 Å². The highest BCUT2D eigenvalue weighted by Crippen LogP contribution is 2.30. The monoisotopic (exact) mass is 998 g/mol. The summed E-state index contributed by atoms with van der Waals surface area (Å²) in [5, 5.41) is 86.8. The van der Waals surface area contributed by atoms with E-state index in [1.54, 1.807) is 6.08 Å². The molecule has 12 unspecified atom stereocenters. The average molecular weight is 998 g/mol. The van der Waals surface area contributed by atoms with Crippen molar-refractivity contribution in [2.24, 2.45) is 0 Å². The lowest BCUT2D eigenvalue weighted by atomic mass is 9.97. The van der Waals surface area contributed by atoms with Crippen molar-refractivity contribution in [3.63, 3.8) is 0 Å². The van der Waals surface area contributed by atoms with Crippen molar-refractivity contribution in [2.75, 3.05) is 19.8 Å². The third kappa shape index (κ3) is 28.6. The Kier molecular flexibility index (Phi) is 39.1. The van der Waals surface area contributed by atoms with Crippen LogP contribution in [0.1, 0.15) is 219 Å². The van der Waals surface area contributed by atoms with Crippen LogP contribution < -0.4 is 5.32 Å². The number of carbonyl (C=O) groups excluding carboxylic acids is 1. The molecule has 0 aromatic carbocycles. The third-order valence-corrected chi connectivity index (χ3v) is 13.8. The molecule has 9 N–H and O–H groups in total. The fourth-order valence-corrected chi connectivity index (χ4v) is 9.18. The van der Waals surface area contributed by atoms with Gasteiger partial charge in [-0.2, -0.15) is 0 Å². The van der Waals surface area contributed by atoms with Crippen LogP contribution in [0.15, 0.2) is 36.5 Å². The Balaban J connectivity index is 1.78. The first-order chi connectivity index (χ1) is 34.1. The summed E-state index contributed by atoms with van der Waals surface area (Å²) in [5.41, 5.74) is 0. The number of nitrogens with one attached hydrogen (secondary N) is 1. The van der Waals surface area contributed by atoms with Crippen molar-refractivity contribution in [1.82, 2.24) is 5.32 Å². The van der Waals surface area contributed by atoms with Gasteiger partial charge in [0.05, 0.1) is 32.0 Å². The molecule has 2 rings (SSSR count). The Morgan fingerprint density at radius 1 is 0.500 bits per heavy atom. The molecule has 0 saturated carbocycles. The molecule has 0 aromatic rings. The number of allylic oxidation sites excluding steroid dienone is 5. The normalized spacial score (nSPS) is 26.2. The average Bonchev–Trinajstić information content (AvgIpc) is 3.36. The van der Waals surface area contributed by atoms with Crippen LogP contribution in [-0.2, 0) is 23.7 Å². The van der Waals surface area contributed by atoms with E-state index in [1.165, 1.54) is 135 Å². The smallest absolute Gasteiger partial charge is 0.220 e. The Hall–Kier alpha value is -1.79. The van der Waals surface area contributed by atoms with Crippen LogP contribution in [0.3, 0.4) is 0 Å². The first-order valence-corrected chi connectivity index (χ1v) is 28.2. The minimum atomic E-state index is -1.79. The molecule has 2 aliphatic rings. The zero-order valence-corrected chi connectivity index (χ0v) is 43.8. The fraction of sp³-hybridized carbons (Fsp3) is 0.875. The molecule has 0 radical (unpaired) electrons. The first kappa shape index (κ1) is 64.3. The highest BCUT2D eigenvalue weighted by Gasteiger charge is 2.51.